The van der Waals surface area contributed by atoms with Crippen LogP contribution in [0.5, 0.6) is 5.75 Å². The van der Waals surface area contributed by atoms with Crippen LogP contribution in [0.3, 0.4) is 0 Å². The maximum atomic E-state index is 11.0. The molecule has 0 spiro atoms. The van der Waals surface area contributed by atoms with Crippen molar-refractivity contribution in [3.05, 3.63) is 107 Å². The van der Waals surface area contributed by atoms with E-state index in [1.807, 2.05) is 24.3 Å². The highest BCUT2D eigenvalue weighted by atomic mass is 16.3. The minimum absolute atomic E-state index is 0.364. The van der Waals surface area contributed by atoms with Crippen LogP contribution >= 0.6 is 0 Å². The molecule has 162 valence electrons. The normalized spacial score (nSPS) is 18.8. The molecule has 4 nitrogen and oxygen atoms in total. The van der Waals surface area contributed by atoms with Crippen molar-refractivity contribution < 1.29 is 19.9 Å². The summed E-state index contributed by atoms with van der Waals surface area (Å²) in [5.74, 6) is 0.436. The molecule has 0 bridgehead atoms. The highest BCUT2D eigenvalue weighted by molar-refractivity contribution is 5.83. The number of H-pyrrole nitrogens is 1. The van der Waals surface area contributed by atoms with E-state index in [0.29, 0.717) is 11.8 Å². The molecule has 3 aromatic carbocycles. The topological polar surface area (TPSA) is 43.2 Å². The van der Waals surface area contributed by atoms with Crippen LogP contribution in [0.1, 0.15) is 28.4 Å². The second kappa shape index (κ2) is 9.11. The number of benzene rings is 3. The number of nitrogens with one attached hydrogen (secondary N) is 3. The average Bonchev–Trinajstić information content (AvgIpc) is 2.84. The molecular weight excluding hydrogens is 394 g/mol. The van der Waals surface area contributed by atoms with Gasteiger partial charge in [-0.05, 0) is 6.07 Å². The Morgan fingerprint density at radius 3 is 1.97 bits per heavy atom. The van der Waals surface area contributed by atoms with Crippen molar-refractivity contribution in [3.8, 4) is 5.75 Å². The molecule has 4 heteroatoms. The van der Waals surface area contributed by atoms with Gasteiger partial charge in [-0.25, -0.2) is 4.98 Å². The Bertz CT molecular complexity index is 1150. The summed E-state index contributed by atoms with van der Waals surface area (Å²) in [5, 5.41) is 11.9. The predicted octanol–water partition coefficient (Wildman–Crippen LogP) is 1.74. The molecule has 4 N–H and O–H groups in total. The number of aromatic amines is 1. The van der Waals surface area contributed by atoms with Crippen LogP contribution in [-0.2, 0) is 6.54 Å². The predicted molar refractivity (Wildman–Crippen MR) is 127 cm³/mol. The van der Waals surface area contributed by atoms with Gasteiger partial charge in [0.1, 0.15) is 50.1 Å². The summed E-state index contributed by atoms with van der Waals surface area (Å²) in [5.41, 5.74) is 5.87. The van der Waals surface area contributed by atoms with Gasteiger partial charge in [0, 0.05) is 24.1 Å². The zero-order chi connectivity index (χ0) is 21.9. The van der Waals surface area contributed by atoms with Crippen LogP contribution in [0.15, 0.2) is 84.9 Å². The number of aryl methyl sites for hydroxylation is 1. The first kappa shape index (κ1) is 20.7. The molecule has 1 aliphatic heterocycles. The smallest absolute Gasteiger partial charge is 0.214 e. The van der Waals surface area contributed by atoms with E-state index < -0.39 is 0 Å². The lowest BCUT2D eigenvalue weighted by molar-refractivity contribution is -1.03. The van der Waals surface area contributed by atoms with Gasteiger partial charge in [-0.15, -0.1) is 0 Å². The third-order valence-electron chi connectivity index (χ3n) is 6.94. The molecule has 4 aromatic rings. The lowest BCUT2D eigenvalue weighted by Gasteiger charge is -2.35. The van der Waals surface area contributed by atoms with Crippen molar-refractivity contribution in [2.45, 2.75) is 19.5 Å². The zero-order valence-corrected chi connectivity index (χ0v) is 18.6. The standard InChI is InChI=1S/C28H29N3O/c1-21-25(28(32)24-14-8-9-15-26(24)29-21)20-30-16-18-31(19-17-30)27(22-10-4-2-5-11-22)23-12-6-3-7-13-23/h2-15,27H,16-20H2,1H3,(H,29,32)/p+3. The number of aromatic nitrogens is 1. The monoisotopic (exact) mass is 426 g/mol. The first-order valence-electron chi connectivity index (χ1n) is 11.6. The fourth-order valence-electron chi connectivity index (χ4n) is 5.23. The van der Waals surface area contributed by atoms with Gasteiger partial charge in [-0.3, -0.25) is 0 Å². The van der Waals surface area contributed by atoms with Gasteiger partial charge in [0.2, 0.25) is 5.52 Å². The number of quaternary nitrogens is 2. The van der Waals surface area contributed by atoms with E-state index in [-0.39, 0.29) is 0 Å². The highest BCUT2D eigenvalue weighted by Gasteiger charge is 2.33. The molecule has 0 atom stereocenters. The maximum absolute atomic E-state index is 11.0. The van der Waals surface area contributed by atoms with Crippen LogP contribution in [-0.4, -0.2) is 31.3 Å². The molecule has 0 amide bonds. The number of aromatic hydroxyl groups is 1. The lowest BCUT2D eigenvalue weighted by atomic mass is 9.96. The minimum atomic E-state index is 0.364. The van der Waals surface area contributed by atoms with Crippen LogP contribution in [0.25, 0.3) is 10.9 Å². The number of hydrogen-bond donors (Lipinski definition) is 3. The third kappa shape index (κ3) is 4.12. The number of rotatable bonds is 5. The molecule has 1 saturated heterocycles. The molecule has 1 fully saturated rings. The van der Waals surface area contributed by atoms with Crippen molar-refractivity contribution in [2.24, 2.45) is 0 Å². The van der Waals surface area contributed by atoms with Crippen LogP contribution in [0.2, 0.25) is 0 Å². The van der Waals surface area contributed by atoms with Crippen molar-refractivity contribution in [2.75, 3.05) is 26.2 Å². The van der Waals surface area contributed by atoms with Crippen molar-refractivity contribution in [1.29, 1.82) is 0 Å². The summed E-state index contributed by atoms with van der Waals surface area (Å²) in [7, 11) is 0. The number of hydrogen-bond acceptors (Lipinski definition) is 1. The van der Waals surface area contributed by atoms with Crippen molar-refractivity contribution >= 4 is 10.9 Å². The zero-order valence-electron chi connectivity index (χ0n) is 18.6. The highest BCUT2D eigenvalue weighted by Crippen LogP contribution is 2.26. The van der Waals surface area contributed by atoms with E-state index in [9.17, 15) is 5.11 Å². The Labute approximate surface area is 189 Å². The third-order valence-corrected chi connectivity index (χ3v) is 6.94. The molecule has 5 rings (SSSR count). The van der Waals surface area contributed by atoms with Gasteiger partial charge < -0.3 is 14.9 Å². The molecule has 0 unspecified atom stereocenters. The van der Waals surface area contributed by atoms with Gasteiger partial charge in [-0.2, -0.15) is 0 Å². The summed E-state index contributed by atoms with van der Waals surface area (Å²) in [6.07, 6.45) is 0. The first-order valence-corrected chi connectivity index (χ1v) is 11.6. The Hall–Kier alpha value is -3.21. The fourth-order valence-corrected chi connectivity index (χ4v) is 5.23. The summed E-state index contributed by atoms with van der Waals surface area (Å²) >= 11 is 0. The quantitative estimate of drug-likeness (QED) is 0.447. The van der Waals surface area contributed by atoms with E-state index in [0.717, 1.165) is 54.9 Å². The van der Waals surface area contributed by atoms with E-state index in [4.69, 9.17) is 0 Å². The molecule has 0 aliphatic carbocycles. The van der Waals surface area contributed by atoms with E-state index in [2.05, 4.69) is 72.6 Å². The summed E-state index contributed by atoms with van der Waals surface area (Å²) < 4.78 is 0. The summed E-state index contributed by atoms with van der Waals surface area (Å²) in [6.45, 7) is 7.34. The Morgan fingerprint density at radius 2 is 1.34 bits per heavy atom. The largest absolute Gasteiger partial charge is 0.506 e. The molecule has 1 aliphatic rings. The lowest BCUT2D eigenvalue weighted by Crippen LogP contribution is -3.27. The van der Waals surface area contributed by atoms with Gasteiger partial charge in [0.05, 0.1) is 5.39 Å². The molecule has 2 heterocycles. The Morgan fingerprint density at radius 1 is 0.781 bits per heavy atom. The Balaban J connectivity index is 1.34. The Kier molecular flexibility index (Phi) is 5.89. The molecule has 0 saturated carbocycles. The molecule has 32 heavy (non-hydrogen) atoms. The SMILES string of the molecule is Cc1[nH+]c2ccccc2c(O)c1C[NH+]1CC[NH+](C(c2ccccc2)c2ccccc2)CC1. The van der Waals surface area contributed by atoms with E-state index >= 15 is 0 Å². The fraction of sp³-hybridized carbons (Fsp3) is 0.250. The molecule has 1 aromatic heterocycles. The first-order chi connectivity index (χ1) is 15.7. The number of pyridine rings is 1. The van der Waals surface area contributed by atoms with Crippen LogP contribution in [0, 0.1) is 6.92 Å². The maximum Gasteiger partial charge on any atom is 0.214 e. The van der Waals surface area contributed by atoms with Gasteiger partial charge >= 0.3 is 0 Å². The summed E-state index contributed by atoms with van der Waals surface area (Å²) in [4.78, 5) is 6.64. The summed E-state index contributed by atoms with van der Waals surface area (Å²) in [6, 6.07) is 30.2. The van der Waals surface area contributed by atoms with Crippen molar-refractivity contribution in [1.82, 2.24) is 0 Å². The molecular formula is C28H32N3O+3. The van der Waals surface area contributed by atoms with E-state index in [1.54, 1.807) is 4.90 Å². The van der Waals surface area contributed by atoms with Crippen LogP contribution < -0.4 is 14.8 Å². The van der Waals surface area contributed by atoms with Crippen LogP contribution in [0.4, 0.5) is 0 Å². The second-order valence-electron chi connectivity index (χ2n) is 8.96. The number of para-hydroxylation sites is 1. The van der Waals surface area contributed by atoms with Crippen molar-refractivity contribution in [3.63, 3.8) is 0 Å². The average molecular weight is 427 g/mol. The number of fused-ring (bicyclic) bond motifs is 1. The number of piperazine rings is 1. The minimum Gasteiger partial charge on any atom is -0.506 e. The molecule has 0 radical (unpaired) electrons. The van der Waals surface area contributed by atoms with Gasteiger partial charge in [-0.1, -0.05) is 72.8 Å². The second-order valence-corrected chi connectivity index (χ2v) is 8.96. The van der Waals surface area contributed by atoms with Gasteiger partial charge in [0.15, 0.2) is 5.69 Å². The van der Waals surface area contributed by atoms with E-state index in [1.165, 1.54) is 16.0 Å². The van der Waals surface area contributed by atoms with Gasteiger partial charge in [0.25, 0.3) is 0 Å².